The average Bonchev–Trinajstić information content (AvgIpc) is 3.31. The number of rotatable bonds is 5. The van der Waals surface area contributed by atoms with Gasteiger partial charge in [-0.25, -0.2) is 0 Å². The van der Waals surface area contributed by atoms with Crippen LogP contribution in [0.25, 0.3) is 11.4 Å². The molecule has 2 aliphatic carbocycles. The molecular weight excluding hydrogens is 312 g/mol. The highest BCUT2D eigenvalue weighted by Crippen LogP contribution is 2.46. The Morgan fingerprint density at radius 2 is 1.60 bits per heavy atom. The van der Waals surface area contributed by atoms with E-state index in [9.17, 15) is 0 Å². The maximum atomic E-state index is 4.03. The van der Waals surface area contributed by atoms with Crippen LogP contribution in [0.2, 0.25) is 0 Å². The first-order valence-corrected chi connectivity index (χ1v) is 9.29. The zero-order chi connectivity index (χ0) is 17.4. The maximum absolute atomic E-state index is 4.03. The number of aromatic nitrogens is 4. The summed E-state index contributed by atoms with van der Waals surface area (Å²) in [6.07, 6.45) is 5.52. The van der Waals surface area contributed by atoms with Gasteiger partial charge in [0.05, 0.1) is 0 Å². The molecule has 2 saturated carbocycles. The van der Waals surface area contributed by atoms with E-state index in [1.165, 1.54) is 31.2 Å². The first-order valence-electron chi connectivity index (χ1n) is 9.29. The fourth-order valence-corrected chi connectivity index (χ4v) is 4.79. The van der Waals surface area contributed by atoms with Gasteiger partial charge in [0.25, 0.3) is 0 Å². The van der Waals surface area contributed by atoms with Gasteiger partial charge in [0.2, 0.25) is 5.82 Å². The molecule has 1 aromatic heterocycles. The fourth-order valence-electron chi connectivity index (χ4n) is 4.79. The summed E-state index contributed by atoms with van der Waals surface area (Å²) < 4.78 is 0. The summed E-state index contributed by atoms with van der Waals surface area (Å²) in [5.74, 6) is 2.51. The molecule has 2 aromatic rings. The number of fused-ring (bicyclic) bond motifs is 1. The lowest BCUT2D eigenvalue weighted by atomic mass is 10.0. The van der Waals surface area contributed by atoms with Crippen molar-refractivity contribution < 1.29 is 0 Å². The smallest absolute Gasteiger partial charge is 0.204 e. The number of hydrogen-bond donors (Lipinski definition) is 1. The summed E-state index contributed by atoms with van der Waals surface area (Å²) >= 11 is 0. The summed E-state index contributed by atoms with van der Waals surface area (Å²) in [7, 11) is 6.74. The van der Waals surface area contributed by atoms with Gasteiger partial charge >= 0.3 is 0 Å². The van der Waals surface area contributed by atoms with Crippen LogP contribution < -0.4 is 0 Å². The fraction of sp³-hybridized carbons (Fsp3) is 0.632. The van der Waals surface area contributed by atoms with E-state index in [2.05, 4.69) is 75.8 Å². The highest BCUT2D eigenvalue weighted by molar-refractivity contribution is 5.54. The number of hydrogen-bond acceptors (Lipinski definition) is 5. The largest absolute Gasteiger partial charge is 0.306 e. The topological polar surface area (TPSA) is 60.9 Å². The monoisotopic (exact) mass is 340 g/mol. The zero-order valence-corrected chi connectivity index (χ0v) is 15.4. The molecule has 4 rings (SSSR count). The maximum Gasteiger partial charge on any atom is 0.204 e. The minimum atomic E-state index is 0.652. The van der Waals surface area contributed by atoms with Crippen LogP contribution in [-0.4, -0.2) is 63.7 Å². The van der Waals surface area contributed by atoms with Crippen molar-refractivity contribution in [2.45, 2.75) is 44.3 Å². The minimum Gasteiger partial charge on any atom is -0.306 e. The molecule has 2 aliphatic rings. The van der Waals surface area contributed by atoms with Crippen LogP contribution >= 0.6 is 0 Å². The summed E-state index contributed by atoms with van der Waals surface area (Å²) in [6.45, 7) is 1.01. The van der Waals surface area contributed by atoms with E-state index in [0.717, 1.165) is 36.0 Å². The molecule has 4 atom stereocenters. The third-order valence-electron chi connectivity index (χ3n) is 6.31. The SMILES string of the molecule is CN(C)C1C[C@@H]2CC(N(C)Cc3ccc(-c4nn[nH]n4)cc3)C[C@@H]2C1. The number of benzene rings is 1. The molecule has 0 radical (unpaired) electrons. The Labute approximate surface area is 149 Å². The highest BCUT2D eigenvalue weighted by Gasteiger charge is 2.43. The van der Waals surface area contributed by atoms with Crippen molar-refractivity contribution in [2.75, 3.05) is 21.1 Å². The van der Waals surface area contributed by atoms with Crippen LogP contribution in [0.3, 0.4) is 0 Å². The van der Waals surface area contributed by atoms with Crippen molar-refractivity contribution in [3.05, 3.63) is 29.8 Å². The Bertz CT molecular complexity index is 666. The van der Waals surface area contributed by atoms with Crippen LogP contribution in [0.15, 0.2) is 24.3 Å². The number of tetrazole rings is 1. The molecule has 2 unspecified atom stereocenters. The van der Waals surface area contributed by atoms with Gasteiger partial charge in [-0.3, -0.25) is 4.90 Å². The van der Waals surface area contributed by atoms with Crippen LogP contribution in [-0.2, 0) is 6.54 Å². The summed E-state index contributed by atoms with van der Waals surface area (Å²) in [5.41, 5.74) is 2.35. The minimum absolute atomic E-state index is 0.652. The van der Waals surface area contributed by atoms with E-state index in [0.29, 0.717) is 5.82 Å². The predicted octanol–water partition coefficient (Wildman–Crippen LogP) is 2.42. The van der Waals surface area contributed by atoms with E-state index in [4.69, 9.17) is 0 Å². The van der Waals surface area contributed by atoms with E-state index >= 15 is 0 Å². The average molecular weight is 340 g/mol. The molecule has 6 heteroatoms. The molecule has 2 fully saturated rings. The van der Waals surface area contributed by atoms with Crippen LogP contribution in [0.1, 0.15) is 31.2 Å². The Kier molecular flexibility index (Phi) is 4.56. The molecule has 1 heterocycles. The van der Waals surface area contributed by atoms with Crippen molar-refractivity contribution in [3.8, 4) is 11.4 Å². The van der Waals surface area contributed by atoms with Gasteiger partial charge < -0.3 is 4.90 Å². The molecule has 6 nitrogen and oxygen atoms in total. The summed E-state index contributed by atoms with van der Waals surface area (Å²) in [6, 6.07) is 10.1. The molecular formula is C19H28N6. The first-order chi connectivity index (χ1) is 12.1. The lowest BCUT2D eigenvalue weighted by Gasteiger charge is -2.27. The van der Waals surface area contributed by atoms with Gasteiger partial charge in [0, 0.05) is 24.2 Å². The Hall–Kier alpha value is -1.79. The lowest BCUT2D eigenvalue weighted by molar-refractivity contribution is 0.212. The zero-order valence-electron chi connectivity index (χ0n) is 15.4. The normalized spacial score (nSPS) is 28.8. The molecule has 1 aromatic carbocycles. The Morgan fingerprint density at radius 1 is 0.960 bits per heavy atom. The van der Waals surface area contributed by atoms with Gasteiger partial charge in [-0.1, -0.05) is 24.3 Å². The number of nitrogens with zero attached hydrogens (tertiary/aromatic N) is 5. The second-order valence-corrected chi connectivity index (χ2v) is 8.08. The second kappa shape index (κ2) is 6.84. The van der Waals surface area contributed by atoms with E-state index in [1.54, 1.807) is 0 Å². The molecule has 134 valence electrons. The molecule has 0 aliphatic heterocycles. The van der Waals surface area contributed by atoms with Crippen molar-refractivity contribution >= 4 is 0 Å². The van der Waals surface area contributed by atoms with Crippen molar-refractivity contribution in [3.63, 3.8) is 0 Å². The van der Waals surface area contributed by atoms with Crippen LogP contribution in [0.4, 0.5) is 0 Å². The molecule has 0 bridgehead atoms. The lowest BCUT2D eigenvalue weighted by Crippen LogP contribution is -2.31. The highest BCUT2D eigenvalue weighted by atomic mass is 15.5. The van der Waals surface area contributed by atoms with Crippen molar-refractivity contribution in [1.29, 1.82) is 0 Å². The Balaban J connectivity index is 1.33. The number of nitrogens with one attached hydrogen (secondary N) is 1. The second-order valence-electron chi connectivity index (χ2n) is 8.08. The van der Waals surface area contributed by atoms with Crippen LogP contribution in [0, 0.1) is 11.8 Å². The number of aromatic amines is 1. The molecule has 0 amide bonds. The summed E-state index contributed by atoms with van der Waals surface area (Å²) in [4.78, 5) is 4.97. The molecule has 0 spiro atoms. The van der Waals surface area contributed by atoms with E-state index in [1.807, 2.05) is 0 Å². The first kappa shape index (κ1) is 16.7. The standard InChI is InChI=1S/C19H28N6/c1-24(2)17-8-15-10-18(11-16(15)9-17)25(3)12-13-4-6-14(7-5-13)19-20-22-23-21-19/h4-7,15-18H,8-12H2,1-3H3,(H,20,21,22,23)/t15-,16+,17?,18?. The van der Waals surface area contributed by atoms with Gasteiger partial charge in [-0.2, -0.15) is 5.21 Å². The molecule has 25 heavy (non-hydrogen) atoms. The van der Waals surface area contributed by atoms with E-state index < -0.39 is 0 Å². The predicted molar refractivity (Wildman–Crippen MR) is 97.8 cm³/mol. The Morgan fingerprint density at radius 3 is 2.16 bits per heavy atom. The molecule has 0 saturated heterocycles. The number of H-pyrrole nitrogens is 1. The summed E-state index contributed by atoms with van der Waals surface area (Å²) in [5, 5.41) is 14.2. The molecule has 1 N–H and O–H groups in total. The third-order valence-corrected chi connectivity index (χ3v) is 6.31. The van der Waals surface area contributed by atoms with Crippen molar-refractivity contribution in [1.82, 2.24) is 30.4 Å². The van der Waals surface area contributed by atoms with Crippen LogP contribution in [0.5, 0.6) is 0 Å². The van der Waals surface area contributed by atoms with Crippen molar-refractivity contribution in [2.24, 2.45) is 11.8 Å². The van der Waals surface area contributed by atoms with Gasteiger partial charge in [0.1, 0.15) is 0 Å². The van der Waals surface area contributed by atoms with Gasteiger partial charge in [-0.05, 0) is 69.4 Å². The van der Waals surface area contributed by atoms with Gasteiger partial charge in [0.15, 0.2) is 0 Å². The van der Waals surface area contributed by atoms with Gasteiger partial charge in [-0.15, -0.1) is 10.2 Å². The van der Waals surface area contributed by atoms with E-state index in [-0.39, 0.29) is 0 Å². The third kappa shape index (κ3) is 3.46. The quantitative estimate of drug-likeness (QED) is 0.906.